The van der Waals surface area contributed by atoms with Crippen molar-refractivity contribution in [1.29, 1.82) is 0 Å². The van der Waals surface area contributed by atoms with E-state index >= 15 is 4.39 Å². The van der Waals surface area contributed by atoms with Gasteiger partial charge in [-0.2, -0.15) is 0 Å². The van der Waals surface area contributed by atoms with Crippen LogP contribution in [0, 0.1) is 29.5 Å². The van der Waals surface area contributed by atoms with E-state index < -0.39 is 40.7 Å². The largest absolute Gasteiger partial charge is 0.352 e. The standard InChI is InChI=1S/C48H47Cl2FN6O6/c49-29-14-17-34-36(22-29)53-46(63)48(34)39(32-8-5-9-35(50)40(32)51)41(55-47(48)20-2-1-3-21-47)43(60)52-30-15-12-28(13-16-30)44(61)56-23-26(24-56)10-11-27-6-4-7-31-33(27)25-57(45(31)62)37-18-19-38(58)54-42(37)59/h4-9,14,17,22,26,28,30,37,39,41,55H,1-3,12-13,15-16,18-21,23-25H2,(H,52,60)(H,53,63)(H,54,58,59)/t28-,30-,37?,39-,41+,48+/m0/s1. The lowest BCUT2D eigenvalue weighted by Gasteiger charge is -2.47. The molecule has 1 unspecified atom stereocenters. The number of carbonyl (C=O) groups is 6. The maximum Gasteiger partial charge on any atom is 0.255 e. The van der Waals surface area contributed by atoms with Crippen LogP contribution in [0.3, 0.4) is 0 Å². The topological polar surface area (TPSA) is 157 Å². The second-order valence-corrected chi connectivity index (χ2v) is 19.2. The fraction of sp³-hybridized carbons (Fsp3) is 0.458. The number of piperidine rings is 1. The fourth-order valence-corrected chi connectivity index (χ4v) is 12.2. The van der Waals surface area contributed by atoms with Crippen molar-refractivity contribution in [3.63, 3.8) is 0 Å². The Balaban J connectivity index is 0.799. The molecule has 4 atom stereocenters. The van der Waals surface area contributed by atoms with Crippen LogP contribution >= 0.6 is 23.2 Å². The molecule has 0 aromatic heterocycles. The molecule has 6 amide bonds. The summed E-state index contributed by atoms with van der Waals surface area (Å²) in [5, 5.41) is 12.7. The van der Waals surface area contributed by atoms with Gasteiger partial charge in [-0.1, -0.05) is 78.6 Å². The number of amides is 6. The first-order valence-corrected chi connectivity index (χ1v) is 22.8. The third-order valence-electron chi connectivity index (χ3n) is 14.9. The average molecular weight is 894 g/mol. The molecule has 3 aromatic rings. The molecule has 15 heteroatoms. The Morgan fingerprint density at radius 1 is 0.889 bits per heavy atom. The van der Waals surface area contributed by atoms with E-state index in [9.17, 15) is 28.8 Å². The average Bonchev–Trinajstić information content (AvgIpc) is 3.85. The van der Waals surface area contributed by atoms with Crippen LogP contribution < -0.4 is 21.3 Å². The van der Waals surface area contributed by atoms with Crippen LogP contribution in [0.25, 0.3) is 0 Å². The minimum Gasteiger partial charge on any atom is -0.352 e. The Labute approximate surface area is 374 Å². The van der Waals surface area contributed by atoms with Crippen LogP contribution in [0.5, 0.6) is 0 Å². The van der Waals surface area contributed by atoms with Gasteiger partial charge in [0.1, 0.15) is 17.3 Å². The Morgan fingerprint density at radius 2 is 1.65 bits per heavy atom. The molecular weight excluding hydrogens is 846 g/mol. The van der Waals surface area contributed by atoms with E-state index in [1.165, 1.54) is 11.0 Å². The maximum atomic E-state index is 16.3. The summed E-state index contributed by atoms with van der Waals surface area (Å²) in [6.07, 6.45) is 6.77. The molecule has 326 valence electrons. The molecule has 2 aliphatic carbocycles. The first-order chi connectivity index (χ1) is 30.4. The summed E-state index contributed by atoms with van der Waals surface area (Å²) < 4.78 is 16.3. The summed E-state index contributed by atoms with van der Waals surface area (Å²) in [5.74, 6) is 3.18. The van der Waals surface area contributed by atoms with Crippen molar-refractivity contribution >= 4 is 64.3 Å². The zero-order valence-corrected chi connectivity index (χ0v) is 36.0. The summed E-state index contributed by atoms with van der Waals surface area (Å²) in [6, 6.07) is 13.6. The number of hydrogen-bond donors (Lipinski definition) is 4. The van der Waals surface area contributed by atoms with Crippen LogP contribution in [0.4, 0.5) is 10.1 Å². The van der Waals surface area contributed by atoms with Crippen molar-refractivity contribution in [2.24, 2.45) is 11.8 Å². The van der Waals surface area contributed by atoms with E-state index in [2.05, 4.69) is 33.1 Å². The molecular formula is C48H47Cl2FN6O6. The predicted molar refractivity (Wildman–Crippen MR) is 232 cm³/mol. The fourth-order valence-electron chi connectivity index (χ4n) is 11.9. The molecule has 5 fully saturated rings. The molecule has 63 heavy (non-hydrogen) atoms. The Morgan fingerprint density at radius 3 is 2.41 bits per heavy atom. The lowest BCUT2D eigenvalue weighted by molar-refractivity contribution is -0.142. The molecule has 5 aliphatic heterocycles. The van der Waals surface area contributed by atoms with E-state index in [-0.39, 0.29) is 77.4 Å². The van der Waals surface area contributed by atoms with Gasteiger partial charge in [0, 0.05) is 71.3 Å². The van der Waals surface area contributed by atoms with Gasteiger partial charge in [-0.05, 0) is 92.0 Å². The van der Waals surface area contributed by atoms with E-state index in [1.807, 2.05) is 17.0 Å². The van der Waals surface area contributed by atoms with E-state index in [4.69, 9.17) is 23.2 Å². The van der Waals surface area contributed by atoms with Gasteiger partial charge in [0.25, 0.3) is 5.91 Å². The van der Waals surface area contributed by atoms with Crippen LogP contribution in [-0.4, -0.2) is 82.0 Å². The normalized spacial score (nSPS) is 28.5. The van der Waals surface area contributed by atoms with Crippen molar-refractivity contribution < 1.29 is 33.2 Å². The number of carbonyl (C=O) groups excluding carboxylic acids is 6. The highest BCUT2D eigenvalue weighted by molar-refractivity contribution is 6.31. The number of anilines is 1. The van der Waals surface area contributed by atoms with E-state index in [1.54, 1.807) is 36.4 Å². The van der Waals surface area contributed by atoms with Gasteiger partial charge in [0.05, 0.1) is 17.0 Å². The molecule has 2 spiro atoms. The molecule has 12 nitrogen and oxygen atoms in total. The minimum absolute atomic E-state index is 0.0263. The predicted octanol–water partition coefficient (Wildman–Crippen LogP) is 5.73. The Kier molecular flexibility index (Phi) is 10.6. The van der Waals surface area contributed by atoms with Crippen molar-refractivity contribution in [3.8, 4) is 11.8 Å². The number of rotatable bonds is 5. The molecule has 0 bridgehead atoms. The molecule has 7 aliphatic rings. The summed E-state index contributed by atoms with van der Waals surface area (Å²) >= 11 is 12.8. The number of fused-ring (bicyclic) bond motifs is 4. The molecule has 3 saturated heterocycles. The zero-order chi connectivity index (χ0) is 43.8. The summed E-state index contributed by atoms with van der Waals surface area (Å²) in [6.45, 7) is 1.24. The van der Waals surface area contributed by atoms with Gasteiger partial charge in [0.15, 0.2) is 0 Å². The van der Waals surface area contributed by atoms with Crippen LogP contribution in [0.15, 0.2) is 54.6 Å². The van der Waals surface area contributed by atoms with Gasteiger partial charge in [-0.3, -0.25) is 39.4 Å². The number of nitrogens with zero attached hydrogens (tertiary/aromatic N) is 2. The molecule has 3 aromatic carbocycles. The lowest BCUT2D eigenvalue weighted by Crippen LogP contribution is -2.60. The molecule has 10 rings (SSSR count). The second kappa shape index (κ2) is 16.1. The SMILES string of the molecule is O=C1CCC(N2Cc3c(C#CC4CN(C(=O)[C@H]5CC[C@H](NC(=O)[C@@H]6NC7(CCCCC7)[C@@]7(C(=O)Nc8cc(Cl)ccc87)[C@H]6c6cccc(Cl)c6F)CC5)C4)cccc3C2=O)C(=O)N1. The van der Waals surface area contributed by atoms with Crippen molar-refractivity contribution in [2.75, 3.05) is 18.4 Å². The zero-order valence-electron chi connectivity index (χ0n) is 34.5. The highest BCUT2D eigenvalue weighted by Crippen LogP contribution is 2.63. The van der Waals surface area contributed by atoms with Gasteiger partial charge in [-0.15, -0.1) is 0 Å². The number of benzene rings is 3. The Bertz CT molecular complexity index is 2540. The van der Waals surface area contributed by atoms with Crippen LogP contribution in [0.1, 0.15) is 109 Å². The van der Waals surface area contributed by atoms with E-state index in [0.717, 1.165) is 24.8 Å². The number of hydrogen-bond acceptors (Lipinski definition) is 7. The number of nitrogens with one attached hydrogen (secondary N) is 4. The third kappa shape index (κ3) is 6.82. The Hall–Kier alpha value is -5.29. The minimum atomic E-state index is -1.32. The summed E-state index contributed by atoms with van der Waals surface area (Å²) in [7, 11) is 0. The van der Waals surface area contributed by atoms with Gasteiger partial charge in [0.2, 0.25) is 29.5 Å². The molecule has 2 saturated carbocycles. The second-order valence-electron chi connectivity index (χ2n) is 18.3. The van der Waals surface area contributed by atoms with Crippen LogP contribution in [0.2, 0.25) is 10.0 Å². The van der Waals surface area contributed by atoms with Crippen LogP contribution in [-0.2, 0) is 35.9 Å². The first-order valence-electron chi connectivity index (χ1n) is 22.1. The highest BCUT2D eigenvalue weighted by Gasteiger charge is 2.72. The highest BCUT2D eigenvalue weighted by atomic mass is 35.5. The smallest absolute Gasteiger partial charge is 0.255 e. The molecule has 4 N–H and O–H groups in total. The quantitative estimate of drug-likeness (QED) is 0.189. The summed E-state index contributed by atoms with van der Waals surface area (Å²) in [5.41, 5.74) is 1.30. The lowest BCUT2D eigenvalue weighted by atomic mass is 9.55. The van der Waals surface area contributed by atoms with Gasteiger partial charge >= 0.3 is 0 Å². The molecule has 5 heterocycles. The number of likely N-dealkylation sites (tertiary alicyclic amines) is 1. The molecule has 0 radical (unpaired) electrons. The van der Waals surface area contributed by atoms with Crippen molar-refractivity contribution in [2.45, 2.75) is 112 Å². The maximum absolute atomic E-state index is 16.3. The summed E-state index contributed by atoms with van der Waals surface area (Å²) in [4.78, 5) is 83.8. The first kappa shape index (κ1) is 41.7. The third-order valence-corrected chi connectivity index (χ3v) is 15.4. The van der Waals surface area contributed by atoms with Gasteiger partial charge < -0.3 is 20.4 Å². The van der Waals surface area contributed by atoms with Crippen molar-refractivity contribution in [1.82, 2.24) is 25.8 Å². The number of imide groups is 1. The van der Waals surface area contributed by atoms with Crippen molar-refractivity contribution in [3.05, 3.63) is 98.3 Å². The monoisotopic (exact) mass is 892 g/mol. The van der Waals surface area contributed by atoms with Gasteiger partial charge in [-0.25, -0.2) is 4.39 Å². The number of halogens is 3. The van der Waals surface area contributed by atoms with E-state index in [0.29, 0.717) is 79.0 Å².